The molecule has 1 aromatic rings. The van der Waals surface area contributed by atoms with Crippen LogP contribution in [-0.2, 0) is 14.4 Å². The predicted molar refractivity (Wildman–Crippen MR) is 69.2 cm³/mol. The largest absolute Gasteiger partial charge is 0.325 e. The van der Waals surface area contributed by atoms with Gasteiger partial charge in [0.2, 0.25) is 0 Å². The summed E-state index contributed by atoms with van der Waals surface area (Å²) < 4.78 is 25.6. The molecule has 1 rings (SSSR count). The van der Waals surface area contributed by atoms with Gasteiger partial charge in [-0.1, -0.05) is 41.1 Å². The first kappa shape index (κ1) is 13.9. The quantitative estimate of drug-likeness (QED) is 0.614. The van der Waals surface area contributed by atoms with Crippen molar-refractivity contribution in [2.45, 2.75) is 6.92 Å². The molecule has 0 spiro atoms. The Hall–Kier alpha value is -2.13. The van der Waals surface area contributed by atoms with E-state index in [0.29, 0.717) is 0 Å². The molecule has 0 fully saturated rings. The molecule has 0 unspecified atom stereocenters. The highest BCUT2D eigenvalue weighted by atomic mass is 32.2. The van der Waals surface area contributed by atoms with Gasteiger partial charge in [-0.25, -0.2) is 0 Å². The van der Waals surface area contributed by atoms with Crippen molar-refractivity contribution < 1.29 is 12.7 Å². The van der Waals surface area contributed by atoms with Crippen LogP contribution >= 0.6 is 0 Å². The molecule has 0 atom stereocenters. The zero-order valence-corrected chi connectivity index (χ0v) is 10.8. The third kappa shape index (κ3) is 5.27. The molecule has 18 heavy (non-hydrogen) atoms. The zero-order chi connectivity index (χ0) is 13.6. The fourth-order valence-corrected chi connectivity index (χ4v) is 1.26. The summed E-state index contributed by atoms with van der Waals surface area (Å²) in [6.45, 7) is 1.97. The number of rotatable bonds is 4. The highest BCUT2D eigenvalue weighted by molar-refractivity contribution is 7.85. The van der Waals surface area contributed by atoms with E-state index in [1.54, 1.807) is 12.1 Å². The van der Waals surface area contributed by atoms with Gasteiger partial charge in [0, 0.05) is 0 Å². The number of hydrogen-bond acceptors (Lipinski definition) is 5. The molecule has 0 heterocycles. The number of allylic oxidation sites excluding steroid dienone is 1. The lowest BCUT2D eigenvalue weighted by molar-refractivity contribution is 0.344. The van der Waals surface area contributed by atoms with Gasteiger partial charge in [0.15, 0.2) is 5.71 Å². The normalized spacial score (nSPS) is 12.4. The van der Waals surface area contributed by atoms with Gasteiger partial charge in [-0.2, -0.15) is 13.7 Å². The van der Waals surface area contributed by atoms with Crippen molar-refractivity contribution in [3.63, 3.8) is 0 Å². The second-order valence-electron chi connectivity index (χ2n) is 3.61. The standard InChI is InChI=1S/C12H12N2O3S/c1-10-3-5-11(6-4-10)7-8-12(9-13)14-17-18(2,15)16/h3-8H,1-2H3/b8-7+,14-12-. The van der Waals surface area contributed by atoms with Crippen molar-refractivity contribution in [2.24, 2.45) is 5.16 Å². The van der Waals surface area contributed by atoms with E-state index in [9.17, 15) is 8.42 Å². The van der Waals surface area contributed by atoms with Crippen LogP contribution in [0.1, 0.15) is 11.1 Å². The second-order valence-corrected chi connectivity index (χ2v) is 5.17. The molecule has 0 saturated carbocycles. The lowest BCUT2D eigenvalue weighted by Crippen LogP contribution is -1.99. The molecule has 94 valence electrons. The van der Waals surface area contributed by atoms with Crippen LogP contribution in [0.4, 0.5) is 0 Å². The van der Waals surface area contributed by atoms with E-state index in [2.05, 4.69) is 9.44 Å². The van der Waals surface area contributed by atoms with Gasteiger partial charge >= 0.3 is 10.1 Å². The maximum absolute atomic E-state index is 10.7. The molecular formula is C12H12N2O3S. The lowest BCUT2D eigenvalue weighted by Gasteiger charge is -1.95. The monoisotopic (exact) mass is 264 g/mol. The Morgan fingerprint density at radius 1 is 1.39 bits per heavy atom. The first-order valence-corrected chi connectivity index (χ1v) is 6.84. The van der Waals surface area contributed by atoms with E-state index in [0.717, 1.165) is 17.4 Å². The lowest BCUT2D eigenvalue weighted by atomic mass is 10.1. The molecule has 0 aliphatic rings. The summed E-state index contributed by atoms with van der Waals surface area (Å²) in [5, 5.41) is 12.0. The van der Waals surface area contributed by atoms with E-state index < -0.39 is 10.1 Å². The number of nitriles is 1. The summed E-state index contributed by atoms with van der Waals surface area (Å²) in [5.41, 5.74) is 1.88. The van der Waals surface area contributed by atoms with Crippen LogP contribution in [0, 0.1) is 18.3 Å². The van der Waals surface area contributed by atoms with Crippen molar-refractivity contribution in [1.82, 2.24) is 0 Å². The Balaban J connectivity index is 2.81. The number of benzene rings is 1. The predicted octanol–water partition coefficient (Wildman–Crippen LogP) is 1.86. The van der Waals surface area contributed by atoms with E-state index in [1.165, 1.54) is 6.08 Å². The molecule has 5 nitrogen and oxygen atoms in total. The maximum Gasteiger partial charge on any atom is 0.325 e. The van der Waals surface area contributed by atoms with E-state index in [1.807, 2.05) is 31.2 Å². The molecule has 0 N–H and O–H groups in total. The van der Waals surface area contributed by atoms with Crippen molar-refractivity contribution in [1.29, 1.82) is 5.26 Å². The Kier molecular flexibility index (Phi) is 4.63. The van der Waals surface area contributed by atoms with E-state index >= 15 is 0 Å². The van der Waals surface area contributed by atoms with Crippen LogP contribution < -0.4 is 0 Å². The molecule has 0 aliphatic heterocycles. The summed E-state index contributed by atoms with van der Waals surface area (Å²) in [7, 11) is -3.69. The summed E-state index contributed by atoms with van der Waals surface area (Å²) in [6.07, 6.45) is 3.89. The van der Waals surface area contributed by atoms with Gasteiger partial charge in [-0.15, -0.1) is 0 Å². The smallest absolute Gasteiger partial charge is 0.267 e. The van der Waals surface area contributed by atoms with Crippen LogP contribution in [0.2, 0.25) is 0 Å². The van der Waals surface area contributed by atoms with E-state index in [-0.39, 0.29) is 5.71 Å². The van der Waals surface area contributed by atoms with Crippen LogP contribution in [0.25, 0.3) is 6.08 Å². The Morgan fingerprint density at radius 3 is 2.50 bits per heavy atom. The molecular weight excluding hydrogens is 252 g/mol. The Morgan fingerprint density at radius 2 is 2.00 bits per heavy atom. The molecule has 0 aromatic heterocycles. The Bertz CT molecular complexity index is 608. The first-order valence-electron chi connectivity index (χ1n) is 5.02. The third-order valence-electron chi connectivity index (χ3n) is 1.90. The van der Waals surface area contributed by atoms with Gasteiger partial charge in [-0.05, 0) is 18.6 Å². The Labute approximate surface area is 106 Å². The van der Waals surface area contributed by atoms with Crippen molar-refractivity contribution in [2.75, 3.05) is 6.26 Å². The molecule has 6 heteroatoms. The number of oxime groups is 1. The third-order valence-corrected chi connectivity index (χ3v) is 2.24. The van der Waals surface area contributed by atoms with Gasteiger partial charge in [0.05, 0.1) is 6.26 Å². The van der Waals surface area contributed by atoms with Gasteiger partial charge in [0.1, 0.15) is 6.07 Å². The number of aryl methyl sites for hydroxylation is 1. The van der Waals surface area contributed by atoms with Crippen LogP contribution in [-0.4, -0.2) is 20.4 Å². The SMILES string of the molecule is Cc1ccc(/C=C/C(C#N)=N/OS(C)(=O)=O)cc1. The minimum Gasteiger partial charge on any atom is -0.267 e. The summed E-state index contributed by atoms with van der Waals surface area (Å²) >= 11 is 0. The summed E-state index contributed by atoms with van der Waals surface area (Å²) in [5.74, 6) is 0. The van der Waals surface area contributed by atoms with Crippen molar-refractivity contribution in [3.8, 4) is 6.07 Å². The topological polar surface area (TPSA) is 79.5 Å². The number of nitrogens with zero attached hydrogens (tertiary/aromatic N) is 2. The minimum atomic E-state index is -3.69. The summed E-state index contributed by atoms with van der Waals surface area (Å²) in [4.78, 5) is 0. The average Bonchev–Trinajstić information content (AvgIpc) is 2.30. The van der Waals surface area contributed by atoms with Crippen LogP contribution in [0.15, 0.2) is 35.5 Å². The first-order chi connectivity index (χ1) is 8.40. The molecule has 0 aliphatic carbocycles. The fourth-order valence-electron chi connectivity index (χ4n) is 1.05. The minimum absolute atomic E-state index is 0.124. The molecule has 0 bridgehead atoms. The van der Waals surface area contributed by atoms with Crippen molar-refractivity contribution in [3.05, 3.63) is 41.5 Å². The average molecular weight is 264 g/mol. The van der Waals surface area contributed by atoms with Crippen LogP contribution in [0.3, 0.4) is 0 Å². The van der Waals surface area contributed by atoms with Crippen molar-refractivity contribution >= 4 is 21.9 Å². The van der Waals surface area contributed by atoms with Gasteiger partial charge in [0.25, 0.3) is 0 Å². The zero-order valence-electron chi connectivity index (χ0n) is 9.99. The van der Waals surface area contributed by atoms with Gasteiger partial charge < -0.3 is 0 Å². The molecule has 1 aromatic carbocycles. The fraction of sp³-hybridized carbons (Fsp3) is 0.167. The molecule has 0 saturated heterocycles. The van der Waals surface area contributed by atoms with Crippen LogP contribution in [0.5, 0.6) is 0 Å². The maximum atomic E-state index is 10.7. The second kappa shape index (κ2) is 5.98. The molecule has 0 amide bonds. The number of hydrogen-bond donors (Lipinski definition) is 0. The highest BCUT2D eigenvalue weighted by Gasteiger charge is 2.00. The summed E-state index contributed by atoms with van der Waals surface area (Å²) in [6, 6.07) is 9.33. The molecule has 0 radical (unpaired) electrons. The van der Waals surface area contributed by atoms with E-state index in [4.69, 9.17) is 5.26 Å². The highest BCUT2D eigenvalue weighted by Crippen LogP contribution is 2.05. The van der Waals surface area contributed by atoms with Gasteiger partial charge in [-0.3, -0.25) is 4.28 Å².